The van der Waals surface area contributed by atoms with E-state index in [1.807, 2.05) is 24.3 Å². The summed E-state index contributed by atoms with van der Waals surface area (Å²) in [5.41, 5.74) is 7.24. The van der Waals surface area contributed by atoms with E-state index in [1.165, 1.54) is 0 Å². The second kappa shape index (κ2) is 10.0. The van der Waals surface area contributed by atoms with Gasteiger partial charge in [-0.25, -0.2) is 0 Å². The minimum atomic E-state index is -0.319. The normalized spacial score (nSPS) is 24.5. The van der Waals surface area contributed by atoms with Crippen LogP contribution in [0.4, 0.5) is 5.69 Å². The number of carbonyl (C=O) groups excluding carboxylic acids is 1. The number of ketones is 1. The lowest BCUT2D eigenvalue weighted by atomic mass is 9.68. The maximum Gasteiger partial charge on any atom is 0.194 e. The van der Waals surface area contributed by atoms with Crippen LogP contribution in [0.5, 0.6) is 5.75 Å². The van der Waals surface area contributed by atoms with Crippen LogP contribution in [0.3, 0.4) is 0 Å². The van der Waals surface area contributed by atoms with Crippen LogP contribution in [0.15, 0.2) is 35.9 Å². The highest BCUT2D eigenvalue weighted by Gasteiger charge is 2.44. The molecule has 3 saturated heterocycles. The van der Waals surface area contributed by atoms with E-state index in [9.17, 15) is 10.1 Å². The maximum atomic E-state index is 14.2. The van der Waals surface area contributed by atoms with Crippen molar-refractivity contribution in [2.24, 2.45) is 0 Å². The minimum Gasteiger partial charge on any atom is -0.486 e. The van der Waals surface area contributed by atoms with Crippen LogP contribution in [0, 0.1) is 11.3 Å². The Labute approximate surface area is 236 Å². The Bertz CT molecular complexity index is 1420. The van der Waals surface area contributed by atoms with Crippen molar-refractivity contribution in [3.8, 4) is 11.8 Å². The Hall–Kier alpha value is -3.18. The fraction of sp³-hybridized carbons (Fsp3) is 0.515. The van der Waals surface area contributed by atoms with Crippen molar-refractivity contribution < 1.29 is 19.0 Å². The number of anilines is 1. The van der Waals surface area contributed by atoms with Crippen LogP contribution >= 0.6 is 0 Å². The second-order valence-corrected chi connectivity index (χ2v) is 12.3. The summed E-state index contributed by atoms with van der Waals surface area (Å²) in [6, 6.07) is 12.8. The average Bonchev–Trinajstić information content (AvgIpc) is 3.64. The van der Waals surface area contributed by atoms with Gasteiger partial charge >= 0.3 is 0 Å². The summed E-state index contributed by atoms with van der Waals surface area (Å²) < 4.78 is 17.8. The number of nitriles is 1. The molecule has 0 radical (unpaired) electrons. The molecular weight excluding hydrogens is 502 g/mol. The first-order valence-corrected chi connectivity index (χ1v) is 14.8. The molecule has 0 saturated carbocycles. The predicted molar refractivity (Wildman–Crippen MR) is 153 cm³/mol. The summed E-state index contributed by atoms with van der Waals surface area (Å²) in [5, 5.41) is 9.45. The van der Waals surface area contributed by atoms with Gasteiger partial charge in [0, 0.05) is 55.2 Å². The lowest BCUT2D eigenvalue weighted by molar-refractivity contribution is 0.0115. The number of nitrogens with zero attached hydrogens (tertiary/aromatic N) is 3. The van der Waals surface area contributed by atoms with Gasteiger partial charge in [0.15, 0.2) is 5.78 Å². The highest BCUT2D eigenvalue weighted by molar-refractivity contribution is 6.33. The van der Waals surface area contributed by atoms with Crippen LogP contribution in [0.25, 0.3) is 5.57 Å². The van der Waals surface area contributed by atoms with E-state index in [2.05, 4.69) is 35.8 Å². The largest absolute Gasteiger partial charge is 0.486 e. The smallest absolute Gasteiger partial charge is 0.194 e. The highest BCUT2D eigenvalue weighted by Crippen LogP contribution is 2.52. The first-order chi connectivity index (χ1) is 19.4. The number of ether oxygens (including phenoxy) is 3. The number of rotatable bonds is 4. The molecule has 0 N–H and O–H groups in total. The van der Waals surface area contributed by atoms with Gasteiger partial charge in [-0.1, -0.05) is 19.9 Å². The number of Topliss-reactive ketones (excluding diaryl/α,β-unsaturated/α-hetero) is 1. The monoisotopic (exact) mass is 539 g/mol. The van der Waals surface area contributed by atoms with Crippen molar-refractivity contribution >= 4 is 17.0 Å². The van der Waals surface area contributed by atoms with Crippen molar-refractivity contribution in [3.63, 3.8) is 0 Å². The lowest BCUT2D eigenvalue weighted by Crippen LogP contribution is -2.49. The van der Waals surface area contributed by atoms with E-state index in [0.29, 0.717) is 31.2 Å². The van der Waals surface area contributed by atoms with E-state index in [1.54, 1.807) is 0 Å². The van der Waals surface area contributed by atoms with Gasteiger partial charge in [0.1, 0.15) is 11.9 Å². The van der Waals surface area contributed by atoms with Gasteiger partial charge in [0.2, 0.25) is 0 Å². The minimum absolute atomic E-state index is 0.000720. The van der Waals surface area contributed by atoms with Crippen LogP contribution in [0.2, 0.25) is 0 Å². The third-order valence-electron chi connectivity index (χ3n) is 9.72. The van der Waals surface area contributed by atoms with E-state index in [0.717, 1.165) is 103 Å². The molecule has 2 aromatic carbocycles. The predicted octanol–water partition coefficient (Wildman–Crippen LogP) is 4.51. The van der Waals surface area contributed by atoms with Crippen molar-refractivity contribution in [2.45, 2.75) is 57.1 Å². The summed E-state index contributed by atoms with van der Waals surface area (Å²) in [4.78, 5) is 19.2. The first-order valence-electron chi connectivity index (χ1n) is 14.8. The van der Waals surface area contributed by atoms with Crippen LogP contribution in [0.1, 0.15) is 65.7 Å². The number of hydrogen-bond donors (Lipinski definition) is 0. The third-order valence-corrected chi connectivity index (χ3v) is 9.72. The van der Waals surface area contributed by atoms with Crippen LogP contribution < -0.4 is 9.64 Å². The van der Waals surface area contributed by atoms with Gasteiger partial charge in [-0.2, -0.15) is 5.26 Å². The summed E-state index contributed by atoms with van der Waals surface area (Å²) in [7, 11) is 0. The Morgan fingerprint density at radius 3 is 2.50 bits per heavy atom. The lowest BCUT2D eigenvalue weighted by Gasteiger charge is -2.42. The van der Waals surface area contributed by atoms with E-state index >= 15 is 0 Å². The van der Waals surface area contributed by atoms with Crippen LogP contribution in [-0.4, -0.2) is 75.4 Å². The number of piperidine rings is 1. The SMILES string of the molecule is CC1(C)C2=C(C(=O)c3cc(OC4CCOC4)c(N4CCC(N5CCOCC5)CC4)cc31)c1ccc(C#N)cc1C2. The summed E-state index contributed by atoms with van der Waals surface area (Å²) >= 11 is 0. The Kier molecular flexibility index (Phi) is 6.46. The quantitative estimate of drug-likeness (QED) is 0.566. The summed E-state index contributed by atoms with van der Waals surface area (Å²) in [6.07, 6.45) is 3.78. The second-order valence-electron chi connectivity index (χ2n) is 12.3. The molecule has 2 aliphatic carbocycles. The molecule has 0 aromatic heterocycles. The molecular formula is C33H37N3O4. The topological polar surface area (TPSA) is 75.0 Å². The molecule has 0 spiro atoms. The molecule has 3 aliphatic heterocycles. The molecule has 2 aromatic rings. The highest BCUT2D eigenvalue weighted by atomic mass is 16.5. The summed E-state index contributed by atoms with van der Waals surface area (Å²) in [6.45, 7) is 11.4. The van der Waals surface area contributed by atoms with Crippen molar-refractivity contribution in [2.75, 3.05) is 57.5 Å². The number of hydrogen-bond acceptors (Lipinski definition) is 7. The Morgan fingerprint density at radius 2 is 1.77 bits per heavy atom. The molecule has 5 aliphatic rings. The van der Waals surface area contributed by atoms with Gasteiger partial charge in [-0.3, -0.25) is 9.69 Å². The zero-order chi connectivity index (χ0) is 27.4. The molecule has 0 bridgehead atoms. The molecule has 3 heterocycles. The molecule has 208 valence electrons. The standard InChI is InChI=1S/C33H37N3O4/c1-33(2)27-18-29(36-8-5-23(6-9-36)35-10-13-38-14-11-35)30(40-24-7-12-39-20-24)17-26(27)32(37)31-25-4-3-21(19-34)15-22(25)16-28(31)33/h3-4,15,17-18,23-24H,5-14,16,20H2,1-2H3. The van der Waals surface area contributed by atoms with E-state index in [4.69, 9.17) is 14.2 Å². The molecule has 7 rings (SSSR count). The molecule has 3 fully saturated rings. The van der Waals surface area contributed by atoms with Crippen molar-refractivity contribution in [1.82, 2.24) is 4.90 Å². The summed E-state index contributed by atoms with van der Waals surface area (Å²) in [5.74, 6) is 0.864. The van der Waals surface area contributed by atoms with E-state index < -0.39 is 0 Å². The molecule has 1 unspecified atom stereocenters. The zero-order valence-corrected chi connectivity index (χ0v) is 23.5. The Balaban J connectivity index is 1.25. The van der Waals surface area contributed by atoms with E-state index in [-0.39, 0.29) is 17.3 Å². The van der Waals surface area contributed by atoms with Gasteiger partial charge < -0.3 is 19.1 Å². The fourth-order valence-corrected chi connectivity index (χ4v) is 7.40. The zero-order valence-electron chi connectivity index (χ0n) is 23.5. The van der Waals surface area contributed by atoms with Crippen molar-refractivity contribution in [1.29, 1.82) is 5.26 Å². The van der Waals surface area contributed by atoms with Crippen molar-refractivity contribution in [3.05, 3.63) is 63.7 Å². The number of benzene rings is 2. The fourth-order valence-electron chi connectivity index (χ4n) is 7.40. The van der Waals surface area contributed by atoms with Gasteiger partial charge in [-0.05, 0) is 65.8 Å². The first kappa shape index (κ1) is 25.8. The Morgan fingerprint density at radius 1 is 0.975 bits per heavy atom. The number of carbonyl (C=O) groups is 1. The molecule has 1 atom stereocenters. The average molecular weight is 540 g/mol. The maximum absolute atomic E-state index is 14.2. The third kappa shape index (κ3) is 4.25. The van der Waals surface area contributed by atoms with Gasteiger partial charge in [-0.15, -0.1) is 0 Å². The number of allylic oxidation sites excluding steroid dienone is 2. The molecule has 7 nitrogen and oxygen atoms in total. The number of fused-ring (bicyclic) bond motifs is 3. The number of morpholine rings is 1. The van der Waals surface area contributed by atoms with Crippen LogP contribution in [-0.2, 0) is 21.3 Å². The van der Waals surface area contributed by atoms with Gasteiger partial charge in [0.05, 0.1) is 43.7 Å². The molecule has 7 heteroatoms. The molecule has 40 heavy (non-hydrogen) atoms. The molecule has 0 amide bonds. The van der Waals surface area contributed by atoms with Gasteiger partial charge in [0.25, 0.3) is 0 Å².